The molecule has 0 spiro atoms. The number of ether oxygens (including phenoxy) is 1. The minimum atomic E-state index is -0.273. The first-order valence-electron chi connectivity index (χ1n) is 8.82. The van der Waals surface area contributed by atoms with E-state index in [9.17, 15) is 9.90 Å². The van der Waals surface area contributed by atoms with Gasteiger partial charge in [-0.05, 0) is 42.3 Å². The first-order chi connectivity index (χ1) is 13.4. The lowest BCUT2D eigenvalue weighted by Crippen LogP contribution is -2.38. The van der Waals surface area contributed by atoms with Crippen LogP contribution in [-0.4, -0.2) is 34.0 Å². The van der Waals surface area contributed by atoms with Crippen LogP contribution in [0.25, 0.3) is 10.2 Å². The van der Waals surface area contributed by atoms with Gasteiger partial charge in [0.25, 0.3) is 0 Å². The van der Waals surface area contributed by atoms with Crippen molar-refractivity contribution in [2.24, 2.45) is 4.99 Å². The van der Waals surface area contributed by atoms with Crippen molar-refractivity contribution in [1.82, 2.24) is 15.4 Å². The van der Waals surface area contributed by atoms with E-state index < -0.39 is 0 Å². The number of methoxy groups -OCH3 is 1. The molecular formula is C20H20N4O3S. The molecule has 1 aliphatic rings. The van der Waals surface area contributed by atoms with Crippen molar-refractivity contribution in [2.45, 2.75) is 26.3 Å². The molecule has 28 heavy (non-hydrogen) atoms. The molecule has 0 aliphatic carbocycles. The van der Waals surface area contributed by atoms with E-state index in [2.05, 4.69) is 21.5 Å². The highest BCUT2D eigenvalue weighted by atomic mass is 32.1. The number of fused-ring (bicyclic) bond motifs is 1. The fourth-order valence-corrected chi connectivity index (χ4v) is 4.23. The number of thiazole rings is 1. The summed E-state index contributed by atoms with van der Waals surface area (Å²) in [6, 6.07) is 11.0. The zero-order valence-corrected chi connectivity index (χ0v) is 16.6. The van der Waals surface area contributed by atoms with Crippen molar-refractivity contribution in [3.05, 3.63) is 47.5 Å². The number of hydrazine groups is 1. The Balaban J connectivity index is 1.65. The molecule has 1 fully saturated rings. The number of nitrogens with one attached hydrogen (secondary N) is 1. The number of amides is 1. The number of hydrogen-bond acceptors (Lipinski definition) is 6. The largest absolute Gasteiger partial charge is 0.504 e. The SMILES string of the molecule is COc1ccc(C2C/C(=N\c3nc4ccc(C)cc4s3)NN2C(C)=O)cc1O. The van der Waals surface area contributed by atoms with Crippen LogP contribution in [0.5, 0.6) is 11.5 Å². The second-order valence-electron chi connectivity index (χ2n) is 6.68. The van der Waals surface area contributed by atoms with E-state index in [1.54, 1.807) is 12.1 Å². The van der Waals surface area contributed by atoms with Gasteiger partial charge in [-0.1, -0.05) is 23.5 Å². The fourth-order valence-electron chi connectivity index (χ4n) is 3.27. The number of aromatic hydroxyl groups is 1. The number of nitrogens with zero attached hydrogens (tertiary/aromatic N) is 3. The van der Waals surface area contributed by atoms with E-state index in [1.165, 1.54) is 35.9 Å². The van der Waals surface area contributed by atoms with Crippen LogP contribution in [0.1, 0.15) is 30.5 Å². The van der Waals surface area contributed by atoms with Gasteiger partial charge in [0, 0.05) is 13.3 Å². The number of rotatable bonds is 3. The molecule has 1 atom stereocenters. The van der Waals surface area contributed by atoms with Crippen LogP contribution in [0, 0.1) is 6.92 Å². The lowest BCUT2D eigenvalue weighted by atomic mass is 10.0. The van der Waals surface area contributed by atoms with Gasteiger partial charge in [0.1, 0.15) is 5.84 Å². The summed E-state index contributed by atoms with van der Waals surface area (Å²) in [5.74, 6) is 0.954. The highest BCUT2D eigenvalue weighted by Gasteiger charge is 2.33. The number of aryl methyl sites for hydroxylation is 1. The quantitative estimate of drug-likeness (QED) is 0.702. The van der Waals surface area contributed by atoms with Crippen LogP contribution in [-0.2, 0) is 4.79 Å². The third kappa shape index (κ3) is 3.38. The molecule has 2 aromatic carbocycles. The van der Waals surface area contributed by atoms with Crippen molar-refractivity contribution in [3.8, 4) is 11.5 Å². The maximum atomic E-state index is 12.1. The second-order valence-corrected chi connectivity index (χ2v) is 7.69. The molecule has 1 saturated heterocycles. The predicted octanol–water partition coefficient (Wildman–Crippen LogP) is 3.85. The third-order valence-corrected chi connectivity index (χ3v) is 5.55. The minimum absolute atomic E-state index is 0.0374. The van der Waals surface area contributed by atoms with E-state index in [0.29, 0.717) is 23.1 Å². The topological polar surface area (TPSA) is 87.1 Å². The van der Waals surface area contributed by atoms with Gasteiger partial charge in [0.15, 0.2) is 11.5 Å². The Hall–Kier alpha value is -3.13. The molecule has 1 amide bonds. The van der Waals surface area contributed by atoms with Gasteiger partial charge < -0.3 is 9.84 Å². The van der Waals surface area contributed by atoms with Crippen molar-refractivity contribution in [2.75, 3.05) is 7.11 Å². The molecule has 4 rings (SSSR count). The Kier molecular flexibility index (Phi) is 4.64. The van der Waals surface area contributed by atoms with Crippen LogP contribution in [0.2, 0.25) is 0 Å². The van der Waals surface area contributed by atoms with Gasteiger partial charge in [0.05, 0.1) is 23.4 Å². The van der Waals surface area contributed by atoms with Crippen LogP contribution in [0.3, 0.4) is 0 Å². The van der Waals surface area contributed by atoms with Crippen LogP contribution < -0.4 is 10.2 Å². The number of hydrogen-bond donors (Lipinski definition) is 2. The lowest BCUT2D eigenvalue weighted by Gasteiger charge is -2.22. The Bertz CT molecular complexity index is 1090. The molecule has 0 bridgehead atoms. The smallest absolute Gasteiger partial charge is 0.238 e. The molecule has 1 unspecified atom stereocenters. The maximum absolute atomic E-state index is 12.1. The minimum Gasteiger partial charge on any atom is -0.504 e. The van der Waals surface area contributed by atoms with E-state index in [-0.39, 0.29) is 17.7 Å². The molecule has 2 N–H and O–H groups in total. The molecule has 2 heterocycles. The second kappa shape index (κ2) is 7.12. The lowest BCUT2D eigenvalue weighted by molar-refractivity contribution is -0.132. The fraction of sp³-hybridized carbons (Fsp3) is 0.250. The number of aromatic nitrogens is 1. The van der Waals surface area contributed by atoms with Gasteiger partial charge in [-0.3, -0.25) is 10.2 Å². The van der Waals surface area contributed by atoms with Gasteiger partial charge in [-0.15, -0.1) is 0 Å². The molecule has 1 aromatic heterocycles. The Morgan fingerprint density at radius 3 is 2.89 bits per heavy atom. The van der Waals surface area contributed by atoms with Crippen LogP contribution >= 0.6 is 11.3 Å². The molecule has 3 aromatic rings. The molecule has 1 aliphatic heterocycles. The molecular weight excluding hydrogens is 376 g/mol. The number of benzene rings is 2. The van der Waals surface area contributed by atoms with E-state index in [1.807, 2.05) is 25.1 Å². The number of phenolic OH excluding ortho intramolecular Hbond substituents is 1. The number of carbonyl (C=O) groups excluding carboxylic acids is 1. The highest BCUT2D eigenvalue weighted by molar-refractivity contribution is 7.22. The monoisotopic (exact) mass is 396 g/mol. The average Bonchev–Trinajstić information content (AvgIpc) is 3.25. The molecule has 144 valence electrons. The first-order valence-corrected chi connectivity index (χ1v) is 9.64. The Labute approximate surface area is 166 Å². The summed E-state index contributed by atoms with van der Waals surface area (Å²) in [7, 11) is 1.50. The van der Waals surface area contributed by atoms with Gasteiger partial charge in [0.2, 0.25) is 11.0 Å². The van der Waals surface area contributed by atoms with Crippen LogP contribution in [0.4, 0.5) is 5.13 Å². The first kappa shape index (κ1) is 18.2. The van der Waals surface area contributed by atoms with Gasteiger partial charge >= 0.3 is 0 Å². The Morgan fingerprint density at radius 1 is 1.36 bits per heavy atom. The normalized spacial score (nSPS) is 17.9. The number of phenols is 1. The predicted molar refractivity (Wildman–Crippen MR) is 109 cm³/mol. The van der Waals surface area contributed by atoms with Crippen molar-refractivity contribution < 1.29 is 14.6 Å². The summed E-state index contributed by atoms with van der Waals surface area (Å²) in [4.78, 5) is 21.3. The van der Waals surface area contributed by atoms with Crippen LogP contribution in [0.15, 0.2) is 41.4 Å². The Morgan fingerprint density at radius 2 is 2.18 bits per heavy atom. The van der Waals surface area contributed by atoms with Gasteiger partial charge in [-0.2, -0.15) is 0 Å². The van der Waals surface area contributed by atoms with Gasteiger partial charge in [-0.25, -0.2) is 15.0 Å². The summed E-state index contributed by atoms with van der Waals surface area (Å²) >= 11 is 1.51. The third-order valence-electron chi connectivity index (χ3n) is 4.64. The summed E-state index contributed by atoms with van der Waals surface area (Å²) in [5, 5.41) is 12.3. The summed E-state index contributed by atoms with van der Waals surface area (Å²) in [6.45, 7) is 3.54. The summed E-state index contributed by atoms with van der Waals surface area (Å²) in [6.07, 6.45) is 0.500. The van der Waals surface area contributed by atoms with Crippen molar-refractivity contribution in [1.29, 1.82) is 0 Å². The summed E-state index contributed by atoms with van der Waals surface area (Å²) < 4.78 is 6.18. The standard InChI is InChI=1S/C20H20N4O3S/c1-11-4-6-14-18(8-11)28-20(21-14)22-19-10-15(24(23-19)12(2)25)13-5-7-17(27-3)16(26)9-13/h4-9,15,26H,10H2,1-3H3,(H,21,22,23). The molecule has 7 nitrogen and oxygen atoms in total. The van der Waals surface area contributed by atoms with Crippen molar-refractivity contribution >= 4 is 38.4 Å². The molecule has 0 saturated carbocycles. The maximum Gasteiger partial charge on any atom is 0.238 e. The zero-order valence-electron chi connectivity index (χ0n) is 15.8. The zero-order chi connectivity index (χ0) is 19.8. The number of aliphatic imine (C=N–C) groups is 1. The molecule has 8 heteroatoms. The van der Waals surface area contributed by atoms with E-state index in [0.717, 1.165) is 15.8 Å². The number of carbonyl (C=O) groups is 1. The highest BCUT2D eigenvalue weighted by Crippen LogP contribution is 2.35. The number of amidine groups is 1. The van der Waals surface area contributed by atoms with E-state index >= 15 is 0 Å². The summed E-state index contributed by atoms with van der Waals surface area (Å²) in [5.41, 5.74) is 5.96. The molecule has 0 radical (unpaired) electrons. The average molecular weight is 396 g/mol. The van der Waals surface area contributed by atoms with Crippen molar-refractivity contribution in [3.63, 3.8) is 0 Å². The van der Waals surface area contributed by atoms with E-state index in [4.69, 9.17) is 4.74 Å².